The highest BCUT2D eigenvalue weighted by Gasteiger charge is 2.32. The lowest BCUT2D eigenvalue weighted by Crippen LogP contribution is -2.33. The predicted octanol–water partition coefficient (Wildman–Crippen LogP) is -0.964. The summed E-state index contributed by atoms with van der Waals surface area (Å²) in [6, 6.07) is 0. The predicted molar refractivity (Wildman–Crippen MR) is 58.9 cm³/mol. The van der Waals surface area contributed by atoms with Crippen molar-refractivity contribution in [2.24, 2.45) is 0 Å². The first-order valence-electron chi connectivity index (χ1n) is 6.03. The van der Waals surface area contributed by atoms with Crippen LogP contribution in [0.1, 0.15) is 19.3 Å². The minimum atomic E-state index is -0.768. The van der Waals surface area contributed by atoms with E-state index in [0.29, 0.717) is 6.42 Å². The third kappa shape index (κ3) is 2.72. The summed E-state index contributed by atoms with van der Waals surface area (Å²) < 4.78 is 0. The fourth-order valence-corrected chi connectivity index (χ4v) is 2.39. The molecule has 16 heavy (non-hydrogen) atoms. The Morgan fingerprint density at radius 1 is 1.12 bits per heavy atom. The van der Waals surface area contributed by atoms with Crippen LogP contribution in [0.3, 0.4) is 0 Å². The summed E-state index contributed by atoms with van der Waals surface area (Å²) in [4.78, 5) is 15.6. The van der Waals surface area contributed by atoms with Crippen molar-refractivity contribution in [2.45, 2.75) is 31.5 Å². The van der Waals surface area contributed by atoms with Gasteiger partial charge in [0.15, 0.2) is 0 Å². The van der Waals surface area contributed by atoms with Crippen LogP contribution in [0.2, 0.25) is 0 Å². The van der Waals surface area contributed by atoms with Crippen molar-refractivity contribution in [1.29, 1.82) is 0 Å². The van der Waals surface area contributed by atoms with E-state index < -0.39 is 12.2 Å². The summed E-state index contributed by atoms with van der Waals surface area (Å²) >= 11 is 0. The normalized spacial score (nSPS) is 31.2. The van der Waals surface area contributed by atoms with Crippen molar-refractivity contribution in [2.75, 3.05) is 32.7 Å². The number of rotatable bonds is 3. The second kappa shape index (κ2) is 5.12. The minimum absolute atomic E-state index is 0.0440. The summed E-state index contributed by atoms with van der Waals surface area (Å²) in [5, 5.41) is 18.7. The topological polar surface area (TPSA) is 64.0 Å². The van der Waals surface area contributed by atoms with Crippen molar-refractivity contribution in [3.63, 3.8) is 0 Å². The molecule has 0 aromatic carbocycles. The fraction of sp³-hybridized carbons (Fsp3) is 0.909. The van der Waals surface area contributed by atoms with Crippen LogP contribution in [0.5, 0.6) is 0 Å². The van der Waals surface area contributed by atoms with E-state index in [2.05, 4.69) is 4.90 Å². The summed E-state index contributed by atoms with van der Waals surface area (Å²) in [6.45, 7) is 3.55. The van der Waals surface area contributed by atoms with Gasteiger partial charge in [-0.15, -0.1) is 0 Å². The lowest BCUT2D eigenvalue weighted by molar-refractivity contribution is -0.131. The Bertz CT molecular complexity index is 244. The van der Waals surface area contributed by atoms with E-state index in [1.807, 2.05) is 0 Å². The lowest BCUT2D eigenvalue weighted by Gasteiger charge is -2.18. The van der Waals surface area contributed by atoms with Gasteiger partial charge in [0, 0.05) is 26.1 Å². The SMILES string of the molecule is O=C(CCN1CCCC1)N1CC(O)C(O)C1. The van der Waals surface area contributed by atoms with Gasteiger partial charge in [0.25, 0.3) is 0 Å². The minimum Gasteiger partial charge on any atom is -0.388 e. The molecule has 2 atom stereocenters. The molecule has 2 N–H and O–H groups in total. The van der Waals surface area contributed by atoms with Gasteiger partial charge < -0.3 is 20.0 Å². The van der Waals surface area contributed by atoms with Crippen LogP contribution in [0.25, 0.3) is 0 Å². The van der Waals surface area contributed by atoms with Crippen molar-refractivity contribution < 1.29 is 15.0 Å². The Labute approximate surface area is 95.6 Å². The number of amides is 1. The maximum absolute atomic E-state index is 11.8. The van der Waals surface area contributed by atoms with E-state index in [0.717, 1.165) is 19.6 Å². The number of aliphatic hydroxyl groups is 2. The molecule has 5 heteroatoms. The standard InChI is InChI=1S/C11H20N2O3/c14-9-7-13(8-10(9)15)11(16)3-6-12-4-1-2-5-12/h9-10,14-15H,1-8H2. The average molecular weight is 228 g/mol. The molecule has 0 radical (unpaired) electrons. The molecular weight excluding hydrogens is 208 g/mol. The summed E-state index contributed by atoms with van der Waals surface area (Å²) in [7, 11) is 0. The number of carbonyl (C=O) groups is 1. The molecule has 0 aromatic rings. The smallest absolute Gasteiger partial charge is 0.224 e. The zero-order valence-electron chi connectivity index (χ0n) is 9.51. The molecule has 0 aliphatic carbocycles. The van der Waals surface area contributed by atoms with Crippen molar-refractivity contribution >= 4 is 5.91 Å². The van der Waals surface area contributed by atoms with Crippen LogP contribution in [0.15, 0.2) is 0 Å². The molecular formula is C11H20N2O3. The average Bonchev–Trinajstić information content (AvgIpc) is 2.86. The Morgan fingerprint density at radius 2 is 1.69 bits per heavy atom. The van der Waals surface area contributed by atoms with Gasteiger partial charge in [-0.05, 0) is 25.9 Å². The van der Waals surface area contributed by atoms with Crippen LogP contribution < -0.4 is 0 Å². The highest BCUT2D eigenvalue weighted by molar-refractivity contribution is 5.76. The number of likely N-dealkylation sites (tertiary alicyclic amines) is 2. The van der Waals surface area contributed by atoms with E-state index in [-0.39, 0.29) is 19.0 Å². The number of nitrogens with zero attached hydrogens (tertiary/aromatic N) is 2. The molecule has 2 saturated heterocycles. The molecule has 0 aromatic heterocycles. The Balaban J connectivity index is 1.71. The molecule has 0 bridgehead atoms. The first kappa shape index (κ1) is 11.8. The van der Waals surface area contributed by atoms with Gasteiger partial charge in [-0.1, -0.05) is 0 Å². The van der Waals surface area contributed by atoms with Gasteiger partial charge in [-0.25, -0.2) is 0 Å². The molecule has 92 valence electrons. The number of aliphatic hydroxyl groups excluding tert-OH is 2. The molecule has 2 heterocycles. The number of carbonyl (C=O) groups excluding carboxylic acids is 1. The van der Waals surface area contributed by atoms with Gasteiger partial charge in [0.05, 0.1) is 12.2 Å². The molecule has 2 aliphatic heterocycles. The highest BCUT2D eigenvalue weighted by Crippen LogP contribution is 2.13. The van der Waals surface area contributed by atoms with Crippen LogP contribution >= 0.6 is 0 Å². The Hall–Kier alpha value is -0.650. The second-order valence-corrected chi connectivity index (χ2v) is 4.73. The van der Waals surface area contributed by atoms with Crippen molar-refractivity contribution in [1.82, 2.24) is 9.80 Å². The van der Waals surface area contributed by atoms with Crippen molar-refractivity contribution in [3.05, 3.63) is 0 Å². The molecule has 2 fully saturated rings. The monoisotopic (exact) mass is 228 g/mol. The highest BCUT2D eigenvalue weighted by atomic mass is 16.3. The summed E-state index contributed by atoms with van der Waals surface area (Å²) in [5.41, 5.74) is 0. The third-order valence-electron chi connectivity index (χ3n) is 3.45. The zero-order chi connectivity index (χ0) is 11.5. The number of hydrogen-bond acceptors (Lipinski definition) is 4. The summed E-state index contributed by atoms with van der Waals surface area (Å²) in [5.74, 6) is 0.0440. The molecule has 2 aliphatic rings. The maximum Gasteiger partial charge on any atom is 0.224 e. The van der Waals surface area contributed by atoms with E-state index in [4.69, 9.17) is 0 Å². The van der Waals surface area contributed by atoms with Crippen molar-refractivity contribution in [3.8, 4) is 0 Å². The molecule has 0 saturated carbocycles. The number of hydrogen-bond donors (Lipinski definition) is 2. The number of β-amino-alcohol motifs (C(OH)–C–C–N with tert-alkyl or cyclic N) is 2. The summed E-state index contributed by atoms with van der Waals surface area (Å²) in [6.07, 6.45) is 1.43. The Morgan fingerprint density at radius 3 is 2.25 bits per heavy atom. The van der Waals surface area contributed by atoms with E-state index in [1.165, 1.54) is 12.8 Å². The van der Waals surface area contributed by atoms with Gasteiger partial charge in [0.1, 0.15) is 0 Å². The maximum atomic E-state index is 11.8. The third-order valence-corrected chi connectivity index (χ3v) is 3.45. The van der Waals surface area contributed by atoms with Crippen LogP contribution in [0.4, 0.5) is 0 Å². The molecule has 2 rings (SSSR count). The molecule has 1 amide bonds. The zero-order valence-corrected chi connectivity index (χ0v) is 9.51. The molecule has 0 spiro atoms. The van der Waals surface area contributed by atoms with Crippen LogP contribution in [-0.2, 0) is 4.79 Å². The largest absolute Gasteiger partial charge is 0.388 e. The van der Waals surface area contributed by atoms with E-state index >= 15 is 0 Å². The first-order chi connectivity index (χ1) is 7.66. The quantitative estimate of drug-likeness (QED) is 0.653. The van der Waals surface area contributed by atoms with E-state index in [9.17, 15) is 15.0 Å². The first-order valence-corrected chi connectivity index (χ1v) is 6.03. The van der Waals surface area contributed by atoms with Crippen LogP contribution in [0, 0.1) is 0 Å². The second-order valence-electron chi connectivity index (χ2n) is 4.73. The molecule has 5 nitrogen and oxygen atoms in total. The van der Waals surface area contributed by atoms with Gasteiger partial charge in [-0.3, -0.25) is 4.79 Å². The molecule has 2 unspecified atom stereocenters. The lowest BCUT2D eigenvalue weighted by atomic mass is 10.3. The van der Waals surface area contributed by atoms with Gasteiger partial charge in [0.2, 0.25) is 5.91 Å². The van der Waals surface area contributed by atoms with Gasteiger partial charge >= 0.3 is 0 Å². The fourth-order valence-electron chi connectivity index (χ4n) is 2.39. The Kier molecular flexibility index (Phi) is 3.78. The van der Waals surface area contributed by atoms with Gasteiger partial charge in [-0.2, -0.15) is 0 Å². The van der Waals surface area contributed by atoms with E-state index in [1.54, 1.807) is 4.90 Å². The van der Waals surface area contributed by atoms with Crippen LogP contribution in [-0.4, -0.2) is 70.9 Å².